The predicted octanol–water partition coefficient (Wildman–Crippen LogP) is 4.30. The van der Waals surface area contributed by atoms with Gasteiger partial charge in [0.05, 0.1) is 10.2 Å². The lowest BCUT2D eigenvalue weighted by Gasteiger charge is -2.19. The van der Waals surface area contributed by atoms with Crippen LogP contribution in [0.15, 0.2) is 22.5 Å². The molecule has 4 heteroatoms. The highest BCUT2D eigenvalue weighted by Crippen LogP contribution is 2.37. The maximum atomic E-state index is 5.79. The van der Waals surface area contributed by atoms with Crippen molar-refractivity contribution in [3.8, 4) is 0 Å². The Morgan fingerprint density at radius 3 is 2.88 bits per heavy atom. The molecule has 1 aliphatic rings. The Hall–Kier alpha value is -0.740. The van der Waals surface area contributed by atoms with E-state index in [4.69, 9.17) is 5.73 Å². The summed E-state index contributed by atoms with van der Waals surface area (Å²) >= 11 is 3.74. The van der Waals surface area contributed by atoms with E-state index in [-0.39, 0.29) is 0 Å². The van der Waals surface area contributed by atoms with Crippen LogP contribution in [0.5, 0.6) is 0 Å². The molecule has 1 heterocycles. The first-order chi connectivity index (χ1) is 8.31. The number of hydrogen-bond acceptors (Lipinski definition) is 4. The van der Waals surface area contributed by atoms with Gasteiger partial charge in [0.25, 0.3) is 0 Å². The molecule has 2 nitrogen and oxygen atoms in total. The van der Waals surface area contributed by atoms with Crippen LogP contribution < -0.4 is 5.73 Å². The Kier molecular flexibility index (Phi) is 3.25. The number of benzene rings is 1. The van der Waals surface area contributed by atoms with E-state index in [0.717, 1.165) is 16.5 Å². The van der Waals surface area contributed by atoms with Gasteiger partial charge in [-0.1, -0.05) is 31.0 Å². The van der Waals surface area contributed by atoms with Crippen molar-refractivity contribution in [2.45, 2.75) is 41.7 Å². The molecule has 0 unspecified atom stereocenters. The van der Waals surface area contributed by atoms with Crippen molar-refractivity contribution in [2.24, 2.45) is 0 Å². The monoisotopic (exact) mass is 264 g/mol. The maximum Gasteiger partial charge on any atom is 0.151 e. The highest BCUT2D eigenvalue weighted by molar-refractivity contribution is 8.01. The zero-order valence-electron chi connectivity index (χ0n) is 9.69. The average Bonchev–Trinajstić information content (AvgIpc) is 2.71. The lowest BCUT2D eigenvalue weighted by atomic mass is 10.0. The third-order valence-corrected chi connectivity index (χ3v) is 5.66. The highest BCUT2D eigenvalue weighted by atomic mass is 32.2. The van der Waals surface area contributed by atoms with Crippen molar-refractivity contribution in [1.82, 2.24) is 4.98 Å². The molecule has 0 bridgehead atoms. The molecule has 17 heavy (non-hydrogen) atoms. The van der Waals surface area contributed by atoms with Gasteiger partial charge >= 0.3 is 0 Å². The molecule has 0 radical (unpaired) electrons. The smallest absolute Gasteiger partial charge is 0.151 e. The minimum absolute atomic E-state index is 0.779. The number of nitrogens with zero attached hydrogens (tertiary/aromatic N) is 1. The minimum Gasteiger partial charge on any atom is -0.399 e. The van der Waals surface area contributed by atoms with Gasteiger partial charge in [-0.25, -0.2) is 4.98 Å². The zero-order chi connectivity index (χ0) is 11.7. The number of rotatable bonds is 2. The second kappa shape index (κ2) is 4.86. The Labute approximate surface area is 110 Å². The van der Waals surface area contributed by atoms with E-state index in [2.05, 4.69) is 4.98 Å². The largest absolute Gasteiger partial charge is 0.399 e. The number of fused-ring (bicyclic) bond motifs is 1. The molecule has 0 atom stereocenters. The molecule has 0 saturated heterocycles. The molecule has 0 spiro atoms. The summed E-state index contributed by atoms with van der Waals surface area (Å²) in [5, 5.41) is 0.779. The second-order valence-electron chi connectivity index (χ2n) is 4.58. The van der Waals surface area contributed by atoms with E-state index in [0.29, 0.717) is 0 Å². The van der Waals surface area contributed by atoms with Crippen molar-refractivity contribution < 1.29 is 0 Å². The van der Waals surface area contributed by atoms with E-state index in [1.54, 1.807) is 11.3 Å². The van der Waals surface area contributed by atoms with Gasteiger partial charge in [-0.05, 0) is 31.0 Å². The van der Waals surface area contributed by atoms with Crippen LogP contribution in [0.25, 0.3) is 10.2 Å². The molecular formula is C13H16N2S2. The number of aromatic nitrogens is 1. The fraction of sp³-hybridized carbons (Fsp3) is 0.462. The fourth-order valence-electron chi connectivity index (χ4n) is 2.30. The van der Waals surface area contributed by atoms with Crippen molar-refractivity contribution >= 4 is 39.0 Å². The quantitative estimate of drug-likeness (QED) is 0.822. The van der Waals surface area contributed by atoms with E-state index >= 15 is 0 Å². The normalized spacial score (nSPS) is 17.6. The van der Waals surface area contributed by atoms with E-state index in [1.165, 1.54) is 41.1 Å². The van der Waals surface area contributed by atoms with Gasteiger partial charge in [0.2, 0.25) is 0 Å². The fourth-order valence-corrected chi connectivity index (χ4v) is 4.92. The molecular weight excluding hydrogens is 248 g/mol. The number of thiazole rings is 1. The Balaban J connectivity index is 1.80. The van der Waals surface area contributed by atoms with Crippen LogP contribution in [0, 0.1) is 0 Å². The predicted molar refractivity (Wildman–Crippen MR) is 76.8 cm³/mol. The number of thioether (sulfide) groups is 1. The average molecular weight is 264 g/mol. The van der Waals surface area contributed by atoms with Crippen molar-refractivity contribution in [3.05, 3.63) is 18.2 Å². The summed E-state index contributed by atoms with van der Waals surface area (Å²) in [5.74, 6) is 0. The second-order valence-corrected chi connectivity index (χ2v) is 7.16. The first-order valence-electron chi connectivity index (χ1n) is 6.14. The SMILES string of the molecule is Nc1ccc2nc(SC3CCCCC3)sc2c1. The standard InChI is InChI=1S/C13H16N2S2/c14-9-6-7-11-12(8-9)17-13(15-11)16-10-4-2-1-3-5-10/h6-8,10H,1-5,14H2. The van der Waals surface area contributed by atoms with E-state index in [1.807, 2.05) is 30.0 Å². The Morgan fingerprint density at radius 1 is 1.24 bits per heavy atom. The Morgan fingerprint density at radius 2 is 2.06 bits per heavy atom. The first-order valence-corrected chi connectivity index (χ1v) is 7.83. The van der Waals surface area contributed by atoms with Crippen molar-refractivity contribution in [1.29, 1.82) is 0 Å². The molecule has 1 aromatic heterocycles. The number of nitrogen functional groups attached to an aromatic ring is 1. The third kappa shape index (κ3) is 2.58. The van der Waals surface area contributed by atoms with Gasteiger partial charge in [-0.15, -0.1) is 11.3 Å². The topological polar surface area (TPSA) is 38.9 Å². The van der Waals surface area contributed by atoms with Gasteiger partial charge < -0.3 is 5.73 Å². The van der Waals surface area contributed by atoms with Crippen molar-refractivity contribution in [3.63, 3.8) is 0 Å². The summed E-state index contributed by atoms with van der Waals surface area (Å²) in [7, 11) is 0. The third-order valence-electron chi connectivity index (χ3n) is 3.21. The van der Waals surface area contributed by atoms with Crippen LogP contribution in [0.2, 0.25) is 0 Å². The molecule has 1 aromatic carbocycles. The van der Waals surface area contributed by atoms with E-state index < -0.39 is 0 Å². The summed E-state index contributed by atoms with van der Waals surface area (Å²) in [6, 6.07) is 5.97. The summed E-state index contributed by atoms with van der Waals surface area (Å²) in [6.07, 6.45) is 6.88. The zero-order valence-corrected chi connectivity index (χ0v) is 11.3. The van der Waals surface area contributed by atoms with Gasteiger partial charge in [-0.2, -0.15) is 0 Å². The summed E-state index contributed by atoms with van der Waals surface area (Å²) in [4.78, 5) is 4.67. The van der Waals surface area contributed by atoms with Crippen LogP contribution in [0.1, 0.15) is 32.1 Å². The van der Waals surface area contributed by atoms with Crippen molar-refractivity contribution in [2.75, 3.05) is 5.73 Å². The molecule has 3 rings (SSSR count). The van der Waals surface area contributed by atoms with Crippen LogP contribution in [-0.2, 0) is 0 Å². The summed E-state index contributed by atoms with van der Waals surface area (Å²) < 4.78 is 2.42. The molecule has 0 amide bonds. The molecule has 2 N–H and O–H groups in total. The van der Waals surface area contributed by atoms with Gasteiger partial charge in [0.1, 0.15) is 0 Å². The van der Waals surface area contributed by atoms with E-state index in [9.17, 15) is 0 Å². The molecule has 2 aromatic rings. The highest BCUT2D eigenvalue weighted by Gasteiger charge is 2.16. The van der Waals surface area contributed by atoms with Crippen LogP contribution in [0.3, 0.4) is 0 Å². The lowest BCUT2D eigenvalue weighted by molar-refractivity contribution is 0.516. The van der Waals surface area contributed by atoms with Gasteiger partial charge in [-0.3, -0.25) is 0 Å². The minimum atomic E-state index is 0.779. The molecule has 1 saturated carbocycles. The number of anilines is 1. The molecule has 90 valence electrons. The maximum absolute atomic E-state index is 5.79. The summed E-state index contributed by atoms with van der Waals surface area (Å²) in [5.41, 5.74) is 7.70. The van der Waals surface area contributed by atoms with Gasteiger partial charge in [0, 0.05) is 10.9 Å². The Bertz CT molecular complexity index is 515. The van der Waals surface area contributed by atoms with Crippen LogP contribution in [-0.4, -0.2) is 10.2 Å². The summed E-state index contributed by atoms with van der Waals surface area (Å²) in [6.45, 7) is 0. The van der Waals surface area contributed by atoms with Gasteiger partial charge in [0.15, 0.2) is 4.34 Å². The molecule has 0 aliphatic heterocycles. The molecule has 1 aliphatic carbocycles. The first kappa shape index (κ1) is 11.4. The van der Waals surface area contributed by atoms with Crippen LogP contribution in [0.4, 0.5) is 5.69 Å². The number of hydrogen-bond donors (Lipinski definition) is 1. The lowest BCUT2D eigenvalue weighted by Crippen LogP contribution is -2.07. The number of nitrogens with two attached hydrogens (primary N) is 1. The van der Waals surface area contributed by atoms with Crippen LogP contribution >= 0.6 is 23.1 Å². The molecule has 1 fully saturated rings.